The summed E-state index contributed by atoms with van der Waals surface area (Å²) in [5, 5.41) is 9.20. The third-order valence-corrected chi connectivity index (χ3v) is 4.77. The average molecular weight is 375 g/mol. The number of aromatic nitrogens is 4. The summed E-state index contributed by atoms with van der Waals surface area (Å²) in [6.07, 6.45) is 1.52. The van der Waals surface area contributed by atoms with E-state index in [1.54, 1.807) is 13.8 Å². The Balaban J connectivity index is 2.09. The van der Waals surface area contributed by atoms with Gasteiger partial charge in [0.25, 0.3) is 0 Å². The average Bonchev–Trinajstić information content (AvgIpc) is 2.98. The van der Waals surface area contributed by atoms with Gasteiger partial charge in [0, 0.05) is 13.0 Å². The first-order valence-corrected chi connectivity index (χ1v) is 9.47. The molecule has 0 bridgehead atoms. The van der Waals surface area contributed by atoms with Crippen molar-refractivity contribution in [3.63, 3.8) is 0 Å². The molecule has 1 unspecified atom stereocenters. The lowest BCUT2D eigenvalue weighted by atomic mass is 10.4. The Morgan fingerprint density at radius 2 is 2.00 bits per heavy atom. The van der Waals surface area contributed by atoms with E-state index < -0.39 is 13.9 Å². The molecule has 1 atom stereocenters. The van der Waals surface area contributed by atoms with Crippen LogP contribution in [0.25, 0.3) is 11.2 Å². The Bertz CT molecular complexity index is 716. The molecule has 2 aromatic heterocycles. The Kier molecular flexibility index (Phi) is 7.09. The SMILES string of the molecule is CCOP(=O)(COC(CCO)On1cnc2c(N)ncnc21)OCC. The van der Waals surface area contributed by atoms with E-state index in [2.05, 4.69) is 15.0 Å². The lowest BCUT2D eigenvalue weighted by Gasteiger charge is -2.22. The van der Waals surface area contributed by atoms with Gasteiger partial charge in [0.2, 0.25) is 11.9 Å². The molecule has 0 aliphatic heterocycles. The summed E-state index contributed by atoms with van der Waals surface area (Å²) < 4.78 is 29.5. The number of hydrogen-bond acceptors (Lipinski definition) is 10. The standard InChI is InChI=1S/C13H22N5O6P/c1-3-22-25(20,23-4-2)9-21-10(5-6-19)24-18-8-17-11-12(14)15-7-16-13(11)18/h7-8,10,19H,3-6,9H2,1-2H3,(H2,14,15,16). The molecule has 2 rings (SSSR count). The number of aliphatic hydroxyl groups excluding tert-OH is 1. The van der Waals surface area contributed by atoms with Crippen molar-refractivity contribution in [3.8, 4) is 0 Å². The number of hydrogen-bond donors (Lipinski definition) is 2. The van der Waals surface area contributed by atoms with Gasteiger partial charge in [0.05, 0.1) is 13.2 Å². The zero-order valence-electron chi connectivity index (χ0n) is 14.1. The quantitative estimate of drug-likeness (QED) is 0.427. The predicted octanol–water partition coefficient (Wildman–Crippen LogP) is 0.786. The molecule has 11 nitrogen and oxygen atoms in total. The van der Waals surface area contributed by atoms with Crippen LogP contribution in [0.2, 0.25) is 0 Å². The minimum atomic E-state index is -3.40. The van der Waals surface area contributed by atoms with E-state index in [1.807, 2.05) is 0 Å². The highest BCUT2D eigenvalue weighted by atomic mass is 31.2. The maximum Gasteiger partial charge on any atom is 0.356 e. The summed E-state index contributed by atoms with van der Waals surface area (Å²) in [6.45, 7) is 3.63. The van der Waals surface area contributed by atoms with E-state index in [1.165, 1.54) is 17.4 Å². The second kappa shape index (κ2) is 9.07. The summed E-state index contributed by atoms with van der Waals surface area (Å²) in [4.78, 5) is 17.6. The van der Waals surface area contributed by atoms with E-state index >= 15 is 0 Å². The number of aliphatic hydroxyl groups is 1. The fraction of sp³-hybridized carbons (Fsp3) is 0.615. The number of nitrogens with zero attached hydrogens (tertiary/aromatic N) is 4. The van der Waals surface area contributed by atoms with Gasteiger partial charge in [-0.3, -0.25) is 4.57 Å². The Hall–Kier alpha value is -1.78. The van der Waals surface area contributed by atoms with E-state index in [4.69, 9.17) is 24.4 Å². The van der Waals surface area contributed by atoms with Crippen molar-refractivity contribution in [2.24, 2.45) is 0 Å². The van der Waals surface area contributed by atoms with Crippen LogP contribution in [0, 0.1) is 0 Å². The van der Waals surface area contributed by atoms with Crippen LogP contribution in [-0.4, -0.2) is 57.2 Å². The van der Waals surface area contributed by atoms with Crippen LogP contribution in [0.4, 0.5) is 5.82 Å². The fourth-order valence-electron chi connectivity index (χ4n) is 1.99. The van der Waals surface area contributed by atoms with Crippen molar-refractivity contribution in [3.05, 3.63) is 12.7 Å². The second-order valence-corrected chi connectivity index (χ2v) is 6.79. The monoisotopic (exact) mass is 375 g/mol. The summed E-state index contributed by atoms with van der Waals surface area (Å²) in [7, 11) is -3.40. The number of rotatable bonds is 11. The van der Waals surface area contributed by atoms with Crippen LogP contribution in [0.5, 0.6) is 0 Å². The topological polar surface area (TPSA) is 144 Å². The maximum absolute atomic E-state index is 12.4. The molecule has 2 heterocycles. The Labute approximate surface area is 144 Å². The van der Waals surface area contributed by atoms with Gasteiger partial charge in [0.1, 0.15) is 12.7 Å². The number of nitrogen functional groups attached to an aromatic ring is 1. The highest BCUT2D eigenvalue weighted by Crippen LogP contribution is 2.48. The molecular weight excluding hydrogens is 353 g/mol. The minimum Gasteiger partial charge on any atom is -0.396 e. The highest BCUT2D eigenvalue weighted by molar-refractivity contribution is 7.53. The normalized spacial score (nSPS) is 13.2. The lowest BCUT2D eigenvalue weighted by Crippen LogP contribution is -2.29. The smallest absolute Gasteiger partial charge is 0.356 e. The molecule has 0 saturated heterocycles. The summed E-state index contributed by atoms with van der Waals surface area (Å²) in [6, 6.07) is 0. The summed E-state index contributed by atoms with van der Waals surface area (Å²) in [5.74, 6) is 0.212. The number of nitrogens with two attached hydrogens (primary N) is 1. The molecule has 0 amide bonds. The van der Waals surface area contributed by atoms with Crippen molar-refractivity contribution in [1.29, 1.82) is 0 Å². The molecular formula is C13H22N5O6P. The molecule has 0 aromatic carbocycles. The van der Waals surface area contributed by atoms with Gasteiger partial charge in [0.15, 0.2) is 17.7 Å². The molecule has 0 radical (unpaired) electrons. The van der Waals surface area contributed by atoms with Gasteiger partial charge in [-0.1, -0.05) is 0 Å². The van der Waals surface area contributed by atoms with Crippen molar-refractivity contribution in [2.45, 2.75) is 26.6 Å². The van der Waals surface area contributed by atoms with Crippen LogP contribution in [0.1, 0.15) is 20.3 Å². The lowest BCUT2D eigenvalue weighted by molar-refractivity contribution is -0.141. The van der Waals surface area contributed by atoms with E-state index in [0.29, 0.717) is 11.2 Å². The van der Waals surface area contributed by atoms with Gasteiger partial charge in [-0.25, -0.2) is 15.0 Å². The van der Waals surface area contributed by atoms with E-state index in [0.717, 1.165) is 0 Å². The molecule has 25 heavy (non-hydrogen) atoms. The van der Waals surface area contributed by atoms with Crippen LogP contribution in [-0.2, 0) is 18.3 Å². The molecule has 0 aliphatic carbocycles. The largest absolute Gasteiger partial charge is 0.396 e. The van der Waals surface area contributed by atoms with Crippen molar-refractivity contribution < 1.29 is 28.3 Å². The van der Waals surface area contributed by atoms with Crippen LogP contribution >= 0.6 is 7.60 Å². The molecule has 3 N–H and O–H groups in total. The van der Waals surface area contributed by atoms with Crippen molar-refractivity contribution in [1.82, 2.24) is 19.7 Å². The number of ether oxygens (including phenoxy) is 1. The van der Waals surface area contributed by atoms with Crippen LogP contribution < -0.4 is 10.6 Å². The van der Waals surface area contributed by atoms with Crippen molar-refractivity contribution in [2.75, 3.05) is 31.9 Å². The predicted molar refractivity (Wildman–Crippen MR) is 88.6 cm³/mol. The van der Waals surface area contributed by atoms with Crippen LogP contribution in [0.3, 0.4) is 0 Å². The fourth-order valence-corrected chi connectivity index (χ4v) is 3.35. The number of imidazole rings is 1. The Morgan fingerprint density at radius 3 is 2.64 bits per heavy atom. The zero-order chi connectivity index (χ0) is 18.3. The van der Waals surface area contributed by atoms with Gasteiger partial charge >= 0.3 is 7.60 Å². The number of anilines is 1. The van der Waals surface area contributed by atoms with Gasteiger partial charge in [-0.2, -0.15) is 0 Å². The molecule has 0 saturated carbocycles. The molecule has 0 aliphatic rings. The maximum atomic E-state index is 12.4. The first kappa shape index (κ1) is 19.5. The minimum absolute atomic E-state index is 0.124. The summed E-state index contributed by atoms with van der Waals surface area (Å²) >= 11 is 0. The van der Waals surface area contributed by atoms with Gasteiger partial charge in [-0.05, 0) is 13.8 Å². The molecule has 140 valence electrons. The van der Waals surface area contributed by atoms with Crippen molar-refractivity contribution >= 4 is 24.6 Å². The third kappa shape index (κ3) is 5.10. The summed E-state index contributed by atoms with van der Waals surface area (Å²) in [5.41, 5.74) is 6.44. The first-order valence-electron chi connectivity index (χ1n) is 7.74. The van der Waals surface area contributed by atoms with Gasteiger partial charge < -0.3 is 29.5 Å². The van der Waals surface area contributed by atoms with Crippen LogP contribution in [0.15, 0.2) is 12.7 Å². The molecule has 12 heteroatoms. The molecule has 2 aromatic rings. The highest BCUT2D eigenvalue weighted by Gasteiger charge is 2.27. The molecule has 0 fully saturated rings. The Morgan fingerprint density at radius 1 is 1.28 bits per heavy atom. The van der Waals surface area contributed by atoms with E-state index in [-0.39, 0.29) is 38.4 Å². The number of fused-ring (bicyclic) bond motifs is 1. The third-order valence-electron chi connectivity index (χ3n) is 3.00. The van der Waals surface area contributed by atoms with E-state index in [9.17, 15) is 9.67 Å². The molecule has 0 spiro atoms. The second-order valence-electron chi connectivity index (χ2n) is 4.79. The zero-order valence-corrected chi connectivity index (χ0v) is 15.0. The van der Waals surface area contributed by atoms with Gasteiger partial charge in [-0.15, -0.1) is 4.73 Å². The first-order chi connectivity index (χ1) is 12.0.